The molecule has 1 N–H and O–H groups in total. The fourth-order valence-electron chi connectivity index (χ4n) is 4.31. The molecule has 0 saturated carbocycles. The van der Waals surface area contributed by atoms with Crippen molar-refractivity contribution in [2.45, 2.75) is 26.9 Å². The highest BCUT2D eigenvalue weighted by Crippen LogP contribution is 2.21. The molecular formula is C25H29N7OS. The fraction of sp³-hybridized carbons (Fsp3) is 0.360. The molecule has 1 fully saturated rings. The van der Waals surface area contributed by atoms with Crippen LogP contribution >= 0.6 is 11.3 Å². The van der Waals surface area contributed by atoms with Crippen molar-refractivity contribution < 1.29 is 4.79 Å². The van der Waals surface area contributed by atoms with E-state index in [0.717, 1.165) is 60.8 Å². The van der Waals surface area contributed by atoms with Gasteiger partial charge in [-0.15, -0.1) is 11.3 Å². The van der Waals surface area contributed by atoms with Gasteiger partial charge in [0.1, 0.15) is 5.82 Å². The maximum absolute atomic E-state index is 13.1. The maximum Gasteiger partial charge on any atom is 0.252 e. The van der Waals surface area contributed by atoms with Crippen molar-refractivity contribution in [1.29, 1.82) is 0 Å². The normalized spacial score (nSPS) is 14.6. The number of likely N-dealkylation sites (N-methyl/N-ethyl adjacent to an activating group) is 1. The zero-order valence-corrected chi connectivity index (χ0v) is 20.4. The molecule has 5 rings (SSSR count). The number of carbonyl (C=O) groups excluding carboxylic acids is 1. The predicted molar refractivity (Wildman–Crippen MR) is 135 cm³/mol. The van der Waals surface area contributed by atoms with Crippen LogP contribution in [0.25, 0.3) is 11.0 Å². The summed E-state index contributed by atoms with van der Waals surface area (Å²) in [5.41, 5.74) is 3.09. The van der Waals surface area contributed by atoms with Gasteiger partial charge in [0.15, 0.2) is 5.65 Å². The molecule has 8 nitrogen and oxygen atoms in total. The number of hydrogen-bond donors (Lipinski definition) is 1. The molecule has 0 atom stereocenters. The Bertz CT molecular complexity index is 1260. The molecule has 0 aromatic carbocycles. The van der Waals surface area contributed by atoms with Crippen molar-refractivity contribution in [1.82, 2.24) is 30.0 Å². The Labute approximate surface area is 203 Å². The molecule has 0 unspecified atom stereocenters. The number of rotatable bonds is 7. The lowest BCUT2D eigenvalue weighted by Gasteiger charge is -2.34. The van der Waals surface area contributed by atoms with Gasteiger partial charge in [-0.1, -0.05) is 19.1 Å². The second kappa shape index (κ2) is 9.90. The van der Waals surface area contributed by atoms with Crippen molar-refractivity contribution in [3.8, 4) is 0 Å². The molecule has 4 aromatic heterocycles. The van der Waals surface area contributed by atoms with E-state index in [-0.39, 0.29) is 5.91 Å². The highest BCUT2D eigenvalue weighted by molar-refractivity contribution is 7.09. The van der Waals surface area contributed by atoms with Gasteiger partial charge in [-0.3, -0.25) is 4.79 Å². The minimum atomic E-state index is -0.133. The Kier molecular flexibility index (Phi) is 6.55. The molecule has 34 heavy (non-hydrogen) atoms. The van der Waals surface area contributed by atoms with Crippen molar-refractivity contribution in [2.75, 3.05) is 37.6 Å². The van der Waals surface area contributed by atoms with Gasteiger partial charge in [0.2, 0.25) is 0 Å². The topological polar surface area (TPSA) is 79.2 Å². The standard InChI is InChI=1S/C25H29N7OS/c1-3-30-8-10-31(11-9-30)23-7-6-19(14-26-23)15-27-25(33)21-13-18(2)29-24-22(21)16-28-32(24)17-20-5-4-12-34-20/h4-7,12-14,16H,3,8-11,15,17H2,1-2H3,(H,27,33). The lowest BCUT2D eigenvalue weighted by atomic mass is 10.1. The summed E-state index contributed by atoms with van der Waals surface area (Å²) in [6, 6.07) is 10.0. The van der Waals surface area contributed by atoms with E-state index in [0.29, 0.717) is 18.7 Å². The van der Waals surface area contributed by atoms with Crippen LogP contribution in [0.3, 0.4) is 0 Å². The third-order valence-electron chi connectivity index (χ3n) is 6.27. The summed E-state index contributed by atoms with van der Waals surface area (Å²) in [5.74, 6) is 0.862. The Morgan fingerprint density at radius 2 is 2.00 bits per heavy atom. The number of amides is 1. The third-order valence-corrected chi connectivity index (χ3v) is 7.13. The van der Waals surface area contributed by atoms with Crippen LogP contribution in [0.15, 0.2) is 48.1 Å². The fourth-order valence-corrected chi connectivity index (χ4v) is 4.99. The number of nitrogens with one attached hydrogen (secondary N) is 1. The van der Waals surface area contributed by atoms with Gasteiger partial charge in [0.05, 0.1) is 23.7 Å². The lowest BCUT2D eigenvalue weighted by molar-refractivity contribution is 0.0952. The molecule has 4 aromatic rings. The summed E-state index contributed by atoms with van der Waals surface area (Å²) in [6.45, 7) is 10.4. The number of hydrogen-bond acceptors (Lipinski definition) is 7. The molecule has 0 bridgehead atoms. The van der Waals surface area contributed by atoms with Crippen molar-refractivity contribution in [3.05, 3.63) is 69.8 Å². The van der Waals surface area contributed by atoms with Crippen LogP contribution in [0.4, 0.5) is 5.82 Å². The van der Waals surface area contributed by atoms with Crippen LogP contribution < -0.4 is 10.2 Å². The van der Waals surface area contributed by atoms with E-state index < -0.39 is 0 Å². The Balaban J connectivity index is 1.25. The minimum Gasteiger partial charge on any atom is -0.354 e. The highest BCUT2D eigenvalue weighted by Gasteiger charge is 2.18. The summed E-state index contributed by atoms with van der Waals surface area (Å²) in [5, 5.41) is 10.4. The lowest BCUT2D eigenvalue weighted by Crippen LogP contribution is -2.46. The number of fused-ring (bicyclic) bond motifs is 1. The van der Waals surface area contributed by atoms with Gasteiger partial charge in [-0.2, -0.15) is 5.10 Å². The molecule has 5 heterocycles. The van der Waals surface area contributed by atoms with Crippen molar-refractivity contribution in [2.24, 2.45) is 0 Å². The zero-order valence-electron chi connectivity index (χ0n) is 19.6. The molecule has 1 aliphatic rings. The minimum absolute atomic E-state index is 0.133. The van der Waals surface area contributed by atoms with E-state index >= 15 is 0 Å². The van der Waals surface area contributed by atoms with Crippen LogP contribution in [0, 0.1) is 6.92 Å². The molecule has 176 valence electrons. The Hall–Kier alpha value is -3.30. The summed E-state index contributed by atoms with van der Waals surface area (Å²) in [7, 11) is 0. The second-order valence-electron chi connectivity index (χ2n) is 8.56. The highest BCUT2D eigenvalue weighted by atomic mass is 32.1. The zero-order chi connectivity index (χ0) is 23.5. The van der Waals surface area contributed by atoms with Crippen LogP contribution in [-0.4, -0.2) is 63.3 Å². The van der Waals surface area contributed by atoms with Crippen molar-refractivity contribution in [3.63, 3.8) is 0 Å². The number of aromatic nitrogens is 4. The van der Waals surface area contributed by atoms with Gasteiger partial charge in [-0.25, -0.2) is 14.6 Å². The molecule has 9 heteroatoms. The van der Waals surface area contributed by atoms with E-state index in [9.17, 15) is 4.79 Å². The predicted octanol–water partition coefficient (Wildman–Crippen LogP) is 3.32. The van der Waals surface area contributed by atoms with E-state index in [1.165, 1.54) is 4.88 Å². The van der Waals surface area contributed by atoms with Gasteiger partial charge in [0.25, 0.3) is 5.91 Å². The van der Waals surface area contributed by atoms with E-state index in [1.807, 2.05) is 47.4 Å². The van der Waals surface area contributed by atoms with Crippen LogP contribution in [-0.2, 0) is 13.1 Å². The van der Waals surface area contributed by atoms with E-state index in [2.05, 4.69) is 43.2 Å². The Morgan fingerprint density at radius 3 is 2.71 bits per heavy atom. The van der Waals surface area contributed by atoms with Crippen LogP contribution in [0.2, 0.25) is 0 Å². The number of anilines is 1. The average molecular weight is 476 g/mol. The monoisotopic (exact) mass is 475 g/mol. The first-order chi connectivity index (χ1) is 16.6. The average Bonchev–Trinajstić information content (AvgIpc) is 3.53. The maximum atomic E-state index is 13.1. The molecular weight excluding hydrogens is 446 g/mol. The van der Waals surface area contributed by atoms with E-state index in [4.69, 9.17) is 0 Å². The van der Waals surface area contributed by atoms with E-state index in [1.54, 1.807) is 17.5 Å². The van der Waals surface area contributed by atoms with Gasteiger partial charge in [0, 0.05) is 49.5 Å². The first kappa shape index (κ1) is 22.5. The number of aryl methyl sites for hydroxylation is 1. The molecule has 0 radical (unpaired) electrons. The molecule has 1 amide bonds. The molecule has 1 aliphatic heterocycles. The number of pyridine rings is 2. The number of carbonyl (C=O) groups is 1. The van der Waals surface area contributed by atoms with Crippen molar-refractivity contribution >= 4 is 34.1 Å². The Morgan fingerprint density at radius 1 is 1.15 bits per heavy atom. The third kappa shape index (κ3) is 4.80. The SMILES string of the molecule is CCN1CCN(c2ccc(CNC(=O)c3cc(C)nc4c3cnn4Cc3cccs3)cn2)CC1. The van der Waals surface area contributed by atoms with Gasteiger partial charge >= 0.3 is 0 Å². The smallest absolute Gasteiger partial charge is 0.252 e. The molecule has 0 spiro atoms. The summed E-state index contributed by atoms with van der Waals surface area (Å²) in [4.78, 5) is 28.3. The first-order valence-electron chi connectivity index (χ1n) is 11.7. The number of thiophene rings is 1. The van der Waals surface area contributed by atoms with Crippen LogP contribution in [0.5, 0.6) is 0 Å². The van der Waals surface area contributed by atoms with Gasteiger partial charge < -0.3 is 15.1 Å². The largest absolute Gasteiger partial charge is 0.354 e. The number of nitrogens with zero attached hydrogens (tertiary/aromatic N) is 6. The van der Waals surface area contributed by atoms with Crippen LogP contribution in [0.1, 0.15) is 33.4 Å². The summed E-state index contributed by atoms with van der Waals surface area (Å²) < 4.78 is 1.86. The summed E-state index contributed by atoms with van der Waals surface area (Å²) >= 11 is 1.68. The molecule has 1 saturated heterocycles. The first-order valence-corrected chi connectivity index (χ1v) is 12.5. The summed E-state index contributed by atoms with van der Waals surface area (Å²) in [6.07, 6.45) is 3.59. The molecule has 0 aliphatic carbocycles. The van der Waals surface area contributed by atoms with Gasteiger partial charge in [-0.05, 0) is 42.6 Å². The quantitative estimate of drug-likeness (QED) is 0.442. The second-order valence-corrected chi connectivity index (χ2v) is 9.59. The number of piperazine rings is 1.